The molecule has 2 heteroatoms. The molecule has 1 aliphatic rings. The summed E-state index contributed by atoms with van der Waals surface area (Å²) in [6, 6.07) is 0.617. The highest BCUT2D eigenvalue weighted by atomic mass is 16.3. The van der Waals surface area contributed by atoms with Crippen molar-refractivity contribution in [1.29, 1.82) is 0 Å². The van der Waals surface area contributed by atoms with Crippen LogP contribution in [0.1, 0.15) is 66.7 Å². The van der Waals surface area contributed by atoms with Crippen LogP contribution in [0.4, 0.5) is 0 Å². The van der Waals surface area contributed by atoms with Crippen molar-refractivity contribution in [3.63, 3.8) is 0 Å². The molecule has 0 amide bonds. The van der Waals surface area contributed by atoms with Gasteiger partial charge in [-0.05, 0) is 50.4 Å². The summed E-state index contributed by atoms with van der Waals surface area (Å²) in [5, 5.41) is 13.5. The molecule has 1 fully saturated rings. The lowest BCUT2D eigenvalue weighted by atomic mass is 9.71. The Kier molecular flexibility index (Phi) is 5.03. The van der Waals surface area contributed by atoms with E-state index in [9.17, 15) is 5.11 Å². The molecule has 2 nitrogen and oxygen atoms in total. The third-order valence-electron chi connectivity index (χ3n) is 4.49. The molecule has 0 aromatic carbocycles. The summed E-state index contributed by atoms with van der Waals surface area (Å²) in [6.07, 6.45) is 6.01. The molecule has 0 spiro atoms. The second kappa shape index (κ2) is 5.71. The van der Waals surface area contributed by atoms with E-state index in [0.29, 0.717) is 11.5 Å². The van der Waals surface area contributed by atoms with Crippen LogP contribution in [-0.4, -0.2) is 23.3 Å². The van der Waals surface area contributed by atoms with E-state index in [1.54, 1.807) is 0 Å². The highest BCUT2D eigenvalue weighted by Gasteiger charge is 2.30. The maximum atomic E-state index is 9.97. The van der Waals surface area contributed by atoms with E-state index in [0.717, 1.165) is 18.9 Å². The van der Waals surface area contributed by atoms with Crippen LogP contribution in [0.2, 0.25) is 0 Å². The van der Waals surface area contributed by atoms with E-state index < -0.39 is 5.60 Å². The number of nitrogens with one attached hydrogen (secondary N) is 1. The first-order valence-electron chi connectivity index (χ1n) is 7.20. The minimum absolute atomic E-state index is 0.458. The first-order chi connectivity index (χ1) is 7.74. The maximum absolute atomic E-state index is 9.97. The Morgan fingerprint density at radius 2 is 1.59 bits per heavy atom. The SMILES string of the molecule is CCC(C)(O)CNC1CCC(C(C)(C)C)CC1. The lowest BCUT2D eigenvalue weighted by Gasteiger charge is -2.38. The molecule has 1 saturated carbocycles. The molecular weight excluding hydrogens is 210 g/mol. The molecule has 2 N–H and O–H groups in total. The summed E-state index contributed by atoms with van der Waals surface area (Å²) < 4.78 is 0. The van der Waals surface area contributed by atoms with Gasteiger partial charge >= 0.3 is 0 Å². The molecule has 1 unspecified atom stereocenters. The molecule has 1 atom stereocenters. The average molecular weight is 241 g/mol. The number of hydrogen-bond donors (Lipinski definition) is 2. The van der Waals surface area contributed by atoms with E-state index in [2.05, 4.69) is 26.1 Å². The quantitative estimate of drug-likeness (QED) is 0.791. The van der Waals surface area contributed by atoms with Gasteiger partial charge in [-0.3, -0.25) is 0 Å². The molecule has 0 radical (unpaired) electrons. The van der Waals surface area contributed by atoms with E-state index in [-0.39, 0.29) is 0 Å². The molecule has 0 aliphatic heterocycles. The fourth-order valence-electron chi connectivity index (χ4n) is 2.65. The summed E-state index contributed by atoms with van der Waals surface area (Å²) in [4.78, 5) is 0. The lowest BCUT2D eigenvalue weighted by Crippen LogP contribution is -2.44. The van der Waals surface area contributed by atoms with Gasteiger partial charge < -0.3 is 10.4 Å². The highest BCUT2D eigenvalue weighted by molar-refractivity contribution is 4.85. The fraction of sp³-hybridized carbons (Fsp3) is 1.00. The van der Waals surface area contributed by atoms with Gasteiger partial charge in [-0.25, -0.2) is 0 Å². The number of aliphatic hydroxyl groups is 1. The van der Waals surface area contributed by atoms with Gasteiger partial charge in [0, 0.05) is 12.6 Å². The van der Waals surface area contributed by atoms with Gasteiger partial charge in [0.2, 0.25) is 0 Å². The number of hydrogen-bond acceptors (Lipinski definition) is 2. The Labute approximate surface area is 107 Å². The van der Waals surface area contributed by atoms with Crippen molar-refractivity contribution in [2.75, 3.05) is 6.54 Å². The van der Waals surface area contributed by atoms with Crippen molar-refractivity contribution < 1.29 is 5.11 Å². The van der Waals surface area contributed by atoms with E-state index in [1.165, 1.54) is 25.7 Å². The Balaban J connectivity index is 2.29. The Morgan fingerprint density at radius 3 is 2.00 bits per heavy atom. The van der Waals surface area contributed by atoms with Gasteiger partial charge in [-0.15, -0.1) is 0 Å². The van der Waals surface area contributed by atoms with Crippen LogP contribution in [0.3, 0.4) is 0 Å². The van der Waals surface area contributed by atoms with Crippen LogP contribution in [0.15, 0.2) is 0 Å². The van der Waals surface area contributed by atoms with Gasteiger partial charge in [0.25, 0.3) is 0 Å². The minimum Gasteiger partial charge on any atom is -0.389 e. The van der Waals surface area contributed by atoms with Gasteiger partial charge in [0.1, 0.15) is 0 Å². The van der Waals surface area contributed by atoms with Crippen LogP contribution >= 0.6 is 0 Å². The average Bonchev–Trinajstić information content (AvgIpc) is 2.26. The van der Waals surface area contributed by atoms with Crippen LogP contribution in [0.25, 0.3) is 0 Å². The van der Waals surface area contributed by atoms with Gasteiger partial charge in [-0.2, -0.15) is 0 Å². The summed E-state index contributed by atoms with van der Waals surface area (Å²) in [5.74, 6) is 0.868. The van der Waals surface area contributed by atoms with Gasteiger partial charge in [-0.1, -0.05) is 27.7 Å². The van der Waals surface area contributed by atoms with Crippen molar-refractivity contribution in [3.05, 3.63) is 0 Å². The lowest BCUT2D eigenvalue weighted by molar-refractivity contribution is 0.0487. The first-order valence-corrected chi connectivity index (χ1v) is 7.20. The molecule has 0 bridgehead atoms. The van der Waals surface area contributed by atoms with Crippen molar-refractivity contribution in [2.45, 2.75) is 78.4 Å². The largest absolute Gasteiger partial charge is 0.389 e. The molecule has 0 heterocycles. The number of rotatable bonds is 4. The minimum atomic E-state index is -0.541. The Bertz CT molecular complexity index is 222. The summed E-state index contributed by atoms with van der Waals surface area (Å²) in [5.41, 5.74) is -0.0826. The van der Waals surface area contributed by atoms with E-state index >= 15 is 0 Å². The molecule has 0 aromatic rings. The van der Waals surface area contributed by atoms with Crippen molar-refractivity contribution >= 4 is 0 Å². The molecule has 17 heavy (non-hydrogen) atoms. The molecule has 0 aromatic heterocycles. The van der Waals surface area contributed by atoms with E-state index in [4.69, 9.17) is 0 Å². The van der Waals surface area contributed by atoms with Crippen molar-refractivity contribution in [2.24, 2.45) is 11.3 Å². The fourth-order valence-corrected chi connectivity index (χ4v) is 2.65. The van der Waals surface area contributed by atoms with E-state index in [1.807, 2.05) is 13.8 Å². The molecule has 1 aliphatic carbocycles. The monoisotopic (exact) mass is 241 g/mol. The van der Waals surface area contributed by atoms with Crippen LogP contribution < -0.4 is 5.32 Å². The maximum Gasteiger partial charge on any atom is 0.0741 e. The molecule has 1 rings (SSSR count). The smallest absolute Gasteiger partial charge is 0.0741 e. The zero-order valence-corrected chi connectivity index (χ0v) is 12.3. The van der Waals surface area contributed by atoms with Crippen molar-refractivity contribution in [1.82, 2.24) is 5.32 Å². The Morgan fingerprint density at radius 1 is 1.06 bits per heavy atom. The van der Waals surface area contributed by atoms with Gasteiger partial charge in [0.15, 0.2) is 0 Å². The summed E-state index contributed by atoms with van der Waals surface area (Å²) >= 11 is 0. The normalized spacial score (nSPS) is 30.0. The standard InChI is InChI=1S/C15H31NO/c1-6-15(5,17)11-16-13-9-7-12(8-10-13)14(2,3)4/h12-13,16-17H,6-11H2,1-5H3. The van der Waals surface area contributed by atoms with Crippen molar-refractivity contribution in [3.8, 4) is 0 Å². The zero-order valence-electron chi connectivity index (χ0n) is 12.3. The molecular formula is C15H31NO. The summed E-state index contributed by atoms with van der Waals surface area (Å²) in [6.45, 7) is 11.8. The van der Waals surface area contributed by atoms with Crippen LogP contribution in [0.5, 0.6) is 0 Å². The predicted octanol–water partition coefficient (Wildman–Crippen LogP) is 3.34. The topological polar surface area (TPSA) is 32.3 Å². The predicted molar refractivity (Wildman–Crippen MR) is 74.1 cm³/mol. The van der Waals surface area contributed by atoms with Gasteiger partial charge in [0.05, 0.1) is 5.60 Å². The second-order valence-corrected chi connectivity index (χ2v) is 7.15. The molecule has 0 saturated heterocycles. The van der Waals surface area contributed by atoms with Crippen LogP contribution in [0, 0.1) is 11.3 Å². The zero-order chi connectivity index (χ0) is 13.1. The first kappa shape index (κ1) is 15.0. The van der Waals surface area contributed by atoms with Crippen LogP contribution in [-0.2, 0) is 0 Å². The summed E-state index contributed by atoms with van der Waals surface area (Å²) in [7, 11) is 0. The Hall–Kier alpha value is -0.0800. The second-order valence-electron chi connectivity index (χ2n) is 7.15. The third-order valence-corrected chi connectivity index (χ3v) is 4.49. The molecule has 102 valence electrons. The highest BCUT2D eigenvalue weighted by Crippen LogP contribution is 2.37. The third kappa shape index (κ3) is 4.97.